The highest BCUT2D eigenvalue weighted by Gasteiger charge is 2.23. The van der Waals surface area contributed by atoms with Gasteiger partial charge in [0.15, 0.2) is 17.5 Å². The van der Waals surface area contributed by atoms with E-state index in [9.17, 15) is 0 Å². The summed E-state index contributed by atoms with van der Waals surface area (Å²) in [6, 6.07) is 10.1. The molecular formula is C17H18N3O3S+. The lowest BCUT2D eigenvalue weighted by atomic mass is 10.1. The SMILES string of the molecule is C[C@@H](c1nnc(-c2cccs2)o1)[NH+](C)Cc1ccc2c(c1)OCO2. The summed E-state index contributed by atoms with van der Waals surface area (Å²) >= 11 is 1.59. The van der Waals surface area contributed by atoms with Crippen molar-refractivity contribution < 1.29 is 18.8 Å². The third-order valence-electron chi connectivity index (χ3n) is 4.20. The van der Waals surface area contributed by atoms with E-state index >= 15 is 0 Å². The quantitative estimate of drug-likeness (QED) is 0.769. The number of quaternary nitrogens is 1. The largest absolute Gasteiger partial charge is 0.454 e. The van der Waals surface area contributed by atoms with E-state index in [0.29, 0.717) is 18.6 Å². The van der Waals surface area contributed by atoms with E-state index in [1.54, 1.807) is 11.3 Å². The van der Waals surface area contributed by atoms with Crippen molar-refractivity contribution in [2.75, 3.05) is 13.8 Å². The smallest absolute Gasteiger partial charge is 0.274 e. The maximum absolute atomic E-state index is 5.85. The van der Waals surface area contributed by atoms with Gasteiger partial charge in [-0.25, -0.2) is 0 Å². The first kappa shape index (κ1) is 15.2. The summed E-state index contributed by atoms with van der Waals surface area (Å²) in [7, 11) is 2.12. The molecule has 0 amide bonds. The molecule has 1 N–H and O–H groups in total. The number of ether oxygens (including phenoxy) is 2. The van der Waals surface area contributed by atoms with Crippen molar-refractivity contribution in [3.05, 3.63) is 47.2 Å². The highest BCUT2D eigenvalue weighted by atomic mass is 32.1. The van der Waals surface area contributed by atoms with Gasteiger partial charge in [-0.05, 0) is 36.6 Å². The molecule has 4 rings (SSSR count). The summed E-state index contributed by atoms with van der Waals surface area (Å²) in [6.45, 7) is 3.22. The van der Waals surface area contributed by atoms with Crippen molar-refractivity contribution in [1.82, 2.24) is 10.2 Å². The van der Waals surface area contributed by atoms with Crippen LogP contribution in [-0.4, -0.2) is 24.0 Å². The van der Waals surface area contributed by atoms with Crippen molar-refractivity contribution in [2.45, 2.75) is 19.5 Å². The van der Waals surface area contributed by atoms with Crippen LogP contribution in [0.4, 0.5) is 0 Å². The van der Waals surface area contributed by atoms with Gasteiger partial charge in [0.1, 0.15) is 6.54 Å². The Balaban J connectivity index is 1.47. The highest BCUT2D eigenvalue weighted by molar-refractivity contribution is 7.13. The van der Waals surface area contributed by atoms with E-state index in [-0.39, 0.29) is 6.04 Å². The van der Waals surface area contributed by atoms with Gasteiger partial charge < -0.3 is 18.8 Å². The number of nitrogens with zero attached hydrogens (tertiary/aromatic N) is 2. The number of hydrogen-bond donors (Lipinski definition) is 1. The van der Waals surface area contributed by atoms with E-state index in [1.807, 2.05) is 29.6 Å². The molecule has 0 aliphatic carbocycles. The zero-order valence-electron chi connectivity index (χ0n) is 13.5. The molecule has 1 unspecified atom stereocenters. The summed E-state index contributed by atoms with van der Waals surface area (Å²) < 4.78 is 16.6. The summed E-state index contributed by atoms with van der Waals surface area (Å²) in [6.07, 6.45) is 0. The molecule has 6 nitrogen and oxygen atoms in total. The van der Waals surface area contributed by atoms with Crippen molar-refractivity contribution in [3.63, 3.8) is 0 Å². The van der Waals surface area contributed by atoms with Gasteiger partial charge in [0.05, 0.1) is 11.9 Å². The van der Waals surface area contributed by atoms with Crippen LogP contribution in [0.2, 0.25) is 0 Å². The molecule has 2 atom stereocenters. The molecule has 0 bridgehead atoms. The number of fused-ring (bicyclic) bond motifs is 1. The molecule has 1 aliphatic heterocycles. The summed E-state index contributed by atoms with van der Waals surface area (Å²) in [5.74, 6) is 2.85. The van der Waals surface area contributed by atoms with Gasteiger partial charge in [-0.15, -0.1) is 21.5 Å². The number of hydrogen-bond acceptors (Lipinski definition) is 6. The van der Waals surface area contributed by atoms with Crippen molar-refractivity contribution in [3.8, 4) is 22.3 Å². The molecule has 24 heavy (non-hydrogen) atoms. The molecule has 3 aromatic rings. The van der Waals surface area contributed by atoms with Gasteiger partial charge in [-0.2, -0.15) is 0 Å². The molecule has 0 fully saturated rings. The monoisotopic (exact) mass is 344 g/mol. The molecule has 3 heterocycles. The fraction of sp³-hybridized carbons (Fsp3) is 0.294. The molecule has 1 aromatic carbocycles. The molecule has 1 aliphatic rings. The third-order valence-corrected chi connectivity index (χ3v) is 5.06. The molecule has 0 saturated heterocycles. The summed E-state index contributed by atoms with van der Waals surface area (Å²) in [5, 5.41) is 10.4. The average Bonchev–Trinajstić information content (AvgIpc) is 3.32. The number of benzene rings is 1. The molecule has 7 heteroatoms. The van der Waals surface area contributed by atoms with E-state index < -0.39 is 0 Å². The summed E-state index contributed by atoms with van der Waals surface area (Å²) in [4.78, 5) is 2.25. The normalized spacial score (nSPS) is 15.4. The topological polar surface area (TPSA) is 61.8 Å². The van der Waals surface area contributed by atoms with Crippen LogP contribution in [0.5, 0.6) is 11.5 Å². The Morgan fingerprint density at radius 3 is 2.92 bits per heavy atom. The lowest BCUT2D eigenvalue weighted by molar-refractivity contribution is -0.925. The number of nitrogens with one attached hydrogen (secondary N) is 1. The molecule has 124 valence electrons. The second-order valence-corrected chi connectivity index (χ2v) is 6.80. The first-order valence-corrected chi connectivity index (χ1v) is 8.67. The maximum atomic E-state index is 5.85. The van der Waals surface area contributed by atoms with Crippen LogP contribution in [0.3, 0.4) is 0 Å². The minimum atomic E-state index is 0.0941. The van der Waals surface area contributed by atoms with Crippen LogP contribution < -0.4 is 14.4 Å². The summed E-state index contributed by atoms with van der Waals surface area (Å²) in [5.41, 5.74) is 1.18. The maximum Gasteiger partial charge on any atom is 0.274 e. The van der Waals surface area contributed by atoms with Gasteiger partial charge in [-0.1, -0.05) is 6.07 Å². The number of aromatic nitrogens is 2. The van der Waals surface area contributed by atoms with Crippen molar-refractivity contribution in [1.29, 1.82) is 0 Å². The van der Waals surface area contributed by atoms with E-state index in [1.165, 1.54) is 10.5 Å². The Labute approximate surface area is 143 Å². The van der Waals surface area contributed by atoms with Crippen LogP contribution in [0.1, 0.15) is 24.4 Å². The highest BCUT2D eigenvalue weighted by Crippen LogP contribution is 2.32. The van der Waals surface area contributed by atoms with E-state index in [4.69, 9.17) is 13.9 Å². The zero-order chi connectivity index (χ0) is 16.5. The fourth-order valence-corrected chi connectivity index (χ4v) is 3.29. The van der Waals surface area contributed by atoms with Crippen molar-refractivity contribution >= 4 is 11.3 Å². The molecular weight excluding hydrogens is 326 g/mol. The van der Waals surface area contributed by atoms with Gasteiger partial charge in [-0.3, -0.25) is 0 Å². The molecule has 0 saturated carbocycles. The van der Waals surface area contributed by atoms with Crippen LogP contribution in [0.15, 0.2) is 40.1 Å². The molecule has 0 radical (unpaired) electrons. The van der Waals surface area contributed by atoms with Crippen LogP contribution in [-0.2, 0) is 6.54 Å². The molecule has 2 aromatic heterocycles. The Bertz CT molecular complexity index is 831. The Kier molecular flexibility index (Phi) is 3.95. The van der Waals surface area contributed by atoms with Crippen LogP contribution in [0.25, 0.3) is 10.8 Å². The standard InChI is InChI=1S/C17H17N3O3S/c1-11(16-18-19-17(23-16)15-4-3-7-24-15)20(2)9-12-5-6-13-14(8-12)22-10-21-13/h3-8,11H,9-10H2,1-2H3/p+1/t11-/m0/s1. The van der Waals surface area contributed by atoms with Gasteiger partial charge in [0, 0.05) is 5.56 Å². The second-order valence-electron chi connectivity index (χ2n) is 5.86. The number of thiophene rings is 1. The predicted molar refractivity (Wildman–Crippen MR) is 89.2 cm³/mol. The Hall–Kier alpha value is -2.38. The average molecular weight is 344 g/mol. The van der Waals surface area contributed by atoms with Crippen LogP contribution >= 0.6 is 11.3 Å². The Morgan fingerprint density at radius 1 is 1.21 bits per heavy atom. The van der Waals surface area contributed by atoms with Crippen LogP contribution in [0, 0.1) is 0 Å². The lowest BCUT2D eigenvalue weighted by Crippen LogP contribution is -3.07. The second kappa shape index (κ2) is 6.26. The van der Waals surface area contributed by atoms with Crippen molar-refractivity contribution in [2.24, 2.45) is 0 Å². The minimum absolute atomic E-state index is 0.0941. The minimum Gasteiger partial charge on any atom is -0.454 e. The third kappa shape index (κ3) is 2.88. The van der Waals surface area contributed by atoms with Gasteiger partial charge in [0.25, 0.3) is 11.8 Å². The predicted octanol–water partition coefficient (Wildman–Crippen LogP) is 2.30. The van der Waals surface area contributed by atoms with Gasteiger partial charge >= 0.3 is 0 Å². The van der Waals surface area contributed by atoms with Gasteiger partial charge in [0.2, 0.25) is 6.79 Å². The fourth-order valence-electron chi connectivity index (χ4n) is 2.65. The zero-order valence-corrected chi connectivity index (χ0v) is 14.3. The first-order chi connectivity index (χ1) is 11.7. The Morgan fingerprint density at radius 2 is 2.08 bits per heavy atom. The van der Waals surface area contributed by atoms with E-state index in [0.717, 1.165) is 22.9 Å². The molecule has 0 spiro atoms. The number of rotatable bonds is 5. The lowest BCUT2D eigenvalue weighted by Gasteiger charge is -2.19. The van der Waals surface area contributed by atoms with E-state index in [2.05, 4.69) is 30.2 Å². The first-order valence-electron chi connectivity index (χ1n) is 7.79.